The molecule has 0 saturated carbocycles. The molecule has 0 heterocycles. The smallest absolute Gasteiger partial charge is 0.329 e. The summed E-state index contributed by atoms with van der Waals surface area (Å²) in [6.07, 6.45) is 0.520. The van der Waals surface area contributed by atoms with Crippen LogP contribution >= 0.6 is 12.6 Å². The Morgan fingerprint density at radius 3 is 2.45 bits per heavy atom. The van der Waals surface area contributed by atoms with Crippen LogP contribution in [0.3, 0.4) is 0 Å². The Labute approximate surface area is 123 Å². The molecule has 2 atom stereocenters. The van der Waals surface area contributed by atoms with Gasteiger partial charge in [-0.3, -0.25) is 4.79 Å². The number of ether oxygens (including phenoxy) is 1. The van der Waals surface area contributed by atoms with E-state index in [4.69, 9.17) is 0 Å². The first-order valence-corrected chi connectivity index (χ1v) is 6.88. The van der Waals surface area contributed by atoms with Crippen LogP contribution in [0.2, 0.25) is 0 Å². The number of nitrogens with one attached hydrogen (secondary N) is 1. The summed E-state index contributed by atoms with van der Waals surface area (Å²) in [5, 5.41) is 11.8. The van der Waals surface area contributed by atoms with Crippen LogP contribution in [0.5, 0.6) is 5.75 Å². The summed E-state index contributed by atoms with van der Waals surface area (Å²) in [5.41, 5.74) is 0.936. The molecule has 1 rings (SSSR count). The Morgan fingerprint density at radius 2 is 1.95 bits per heavy atom. The van der Waals surface area contributed by atoms with Crippen LogP contribution in [0, 0.1) is 5.92 Å². The van der Waals surface area contributed by atoms with Crippen molar-refractivity contribution in [1.29, 1.82) is 0 Å². The first kappa shape index (κ1) is 16.4. The number of aromatic hydroxyl groups is 1. The molecule has 2 N–H and O–H groups in total. The monoisotopic (exact) mass is 297 g/mol. The third-order valence-corrected chi connectivity index (χ3v) is 3.28. The van der Waals surface area contributed by atoms with Crippen LogP contribution in [-0.4, -0.2) is 35.9 Å². The highest BCUT2D eigenvalue weighted by molar-refractivity contribution is 7.80. The third kappa shape index (κ3) is 4.77. The Morgan fingerprint density at radius 1 is 1.35 bits per heavy atom. The third-order valence-electron chi connectivity index (χ3n) is 2.91. The van der Waals surface area contributed by atoms with Crippen molar-refractivity contribution in [3.8, 4) is 5.75 Å². The van der Waals surface area contributed by atoms with Crippen molar-refractivity contribution in [2.75, 3.05) is 12.9 Å². The predicted molar refractivity (Wildman–Crippen MR) is 78.8 cm³/mol. The summed E-state index contributed by atoms with van der Waals surface area (Å²) >= 11 is 4.02. The van der Waals surface area contributed by atoms with Crippen LogP contribution in [0.1, 0.15) is 12.5 Å². The largest absolute Gasteiger partial charge is 0.508 e. The molecule has 1 amide bonds. The molecule has 0 aromatic heterocycles. The highest BCUT2D eigenvalue weighted by atomic mass is 32.1. The first-order valence-electron chi connectivity index (χ1n) is 6.25. The van der Waals surface area contributed by atoms with Gasteiger partial charge in [0.2, 0.25) is 5.91 Å². The summed E-state index contributed by atoms with van der Waals surface area (Å²) in [6.45, 7) is 1.77. The standard InChI is InChI=1S/C14H19NO4S/c1-9(7-10-3-5-11(16)6-4-10)13(17)15-12(8-20)14(18)19-2/h3-6,9,12,16,20H,7-8H2,1-2H3,(H,15,17)/t9-,12-/m0/s1. The predicted octanol–water partition coefficient (Wildman–Crippen LogP) is 1.16. The molecule has 1 aromatic carbocycles. The zero-order chi connectivity index (χ0) is 15.1. The Kier molecular flexibility index (Phi) is 6.38. The number of carbonyl (C=O) groups is 2. The van der Waals surface area contributed by atoms with Gasteiger partial charge < -0.3 is 15.2 Å². The molecule has 0 saturated heterocycles. The highest BCUT2D eigenvalue weighted by Crippen LogP contribution is 2.13. The van der Waals surface area contributed by atoms with Crippen molar-refractivity contribution < 1.29 is 19.4 Å². The zero-order valence-electron chi connectivity index (χ0n) is 11.5. The molecule has 6 heteroatoms. The second-order valence-corrected chi connectivity index (χ2v) is 4.90. The maximum absolute atomic E-state index is 12.0. The van der Waals surface area contributed by atoms with E-state index in [-0.39, 0.29) is 23.3 Å². The number of esters is 1. The second-order valence-electron chi connectivity index (χ2n) is 4.54. The quantitative estimate of drug-likeness (QED) is 0.544. The minimum atomic E-state index is -0.738. The Hall–Kier alpha value is -1.69. The summed E-state index contributed by atoms with van der Waals surface area (Å²) in [5.74, 6) is -0.671. The van der Waals surface area contributed by atoms with Crippen LogP contribution < -0.4 is 5.32 Å². The molecule has 0 aliphatic carbocycles. The van der Waals surface area contributed by atoms with E-state index in [0.717, 1.165) is 5.56 Å². The topological polar surface area (TPSA) is 75.6 Å². The number of benzene rings is 1. The first-order chi connectivity index (χ1) is 9.47. The van der Waals surface area contributed by atoms with Crippen molar-refractivity contribution in [1.82, 2.24) is 5.32 Å². The van der Waals surface area contributed by atoms with E-state index in [0.29, 0.717) is 6.42 Å². The molecular formula is C14H19NO4S. The lowest BCUT2D eigenvalue weighted by molar-refractivity contribution is -0.144. The van der Waals surface area contributed by atoms with Crippen molar-refractivity contribution >= 4 is 24.5 Å². The SMILES string of the molecule is COC(=O)[C@H](CS)NC(=O)[C@@H](C)Cc1ccc(O)cc1. The van der Waals surface area contributed by atoms with Crippen molar-refractivity contribution in [2.24, 2.45) is 5.92 Å². The second kappa shape index (κ2) is 7.79. The molecule has 0 spiro atoms. The molecular weight excluding hydrogens is 278 g/mol. The maximum atomic E-state index is 12.0. The van der Waals surface area contributed by atoms with Crippen LogP contribution in [0.4, 0.5) is 0 Å². The van der Waals surface area contributed by atoms with Gasteiger partial charge in [0.1, 0.15) is 11.8 Å². The fourth-order valence-corrected chi connectivity index (χ4v) is 1.95. The average Bonchev–Trinajstić information content (AvgIpc) is 2.45. The van der Waals surface area contributed by atoms with Crippen LogP contribution in [-0.2, 0) is 20.7 Å². The summed E-state index contributed by atoms with van der Waals surface area (Å²) < 4.78 is 4.58. The van der Waals surface area contributed by atoms with Gasteiger partial charge in [0, 0.05) is 11.7 Å². The number of carbonyl (C=O) groups excluding carboxylic acids is 2. The number of hydrogen-bond acceptors (Lipinski definition) is 5. The van der Waals surface area contributed by atoms with E-state index < -0.39 is 12.0 Å². The fourth-order valence-electron chi connectivity index (χ4n) is 1.71. The normalized spacial score (nSPS) is 13.3. The Balaban J connectivity index is 2.58. The van der Waals surface area contributed by atoms with Gasteiger partial charge in [-0.15, -0.1) is 0 Å². The Bertz CT molecular complexity index is 461. The molecule has 5 nitrogen and oxygen atoms in total. The van der Waals surface area contributed by atoms with E-state index in [9.17, 15) is 14.7 Å². The maximum Gasteiger partial charge on any atom is 0.329 e. The average molecular weight is 297 g/mol. The van der Waals surface area contributed by atoms with Gasteiger partial charge >= 0.3 is 5.97 Å². The lowest BCUT2D eigenvalue weighted by Gasteiger charge is -2.17. The van der Waals surface area contributed by atoms with Gasteiger partial charge in [0.05, 0.1) is 7.11 Å². The lowest BCUT2D eigenvalue weighted by atomic mass is 10.00. The van der Waals surface area contributed by atoms with E-state index in [1.165, 1.54) is 7.11 Å². The van der Waals surface area contributed by atoms with Crippen LogP contribution in [0.15, 0.2) is 24.3 Å². The van der Waals surface area contributed by atoms with Crippen molar-refractivity contribution in [3.63, 3.8) is 0 Å². The molecule has 0 unspecified atom stereocenters. The molecule has 0 aliphatic rings. The number of thiol groups is 1. The number of phenols is 1. The highest BCUT2D eigenvalue weighted by Gasteiger charge is 2.22. The summed E-state index contributed by atoms with van der Waals surface area (Å²) in [4.78, 5) is 23.4. The molecule has 0 bridgehead atoms. The number of phenolic OH excluding ortho intramolecular Hbond substituents is 1. The van der Waals surface area contributed by atoms with Crippen molar-refractivity contribution in [3.05, 3.63) is 29.8 Å². The van der Waals surface area contributed by atoms with Gasteiger partial charge in [0.25, 0.3) is 0 Å². The lowest BCUT2D eigenvalue weighted by Crippen LogP contribution is -2.45. The van der Waals surface area contributed by atoms with Gasteiger partial charge in [0.15, 0.2) is 0 Å². The molecule has 0 radical (unpaired) electrons. The van der Waals surface area contributed by atoms with Gasteiger partial charge in [-0.2, -0.15) is 12.6 Å². The van der Waals surface area contributed by atoms with Gasteiger partial charge in [-0.25, -0.2) is 4.79 Å². The minimum absolute atomic E-state index is 0.185. The fraction of sp³-hybridized carbons (Fsp3) is 0.429. The van der Waals surface area contributed by atoms with Crippen molar-refractivity contribution in [2.45, 2.75) is 19.4 Å². The minimum Gasteiger partial charge on any atom is -0.508 e. The van der Waals surface area contributed by atoms with E-state index in [2.05, 4.69) is 22.7 Å². The van der Waals surface area contributed by atoms with Crippen LogP contribution in [0.25, 0.3) is 0 Å². The summed E-state index contributed by atoms with van der Waals surface area (Å²) in [7, 11) is 1.27. The summed E-state index contributed by atoms with van der Waals surface area (Å²) in [6, 6.07) is 5.93. The molecule has 110 valence electrons. The number of rotatable bonds is 6. The molecule has 20 heavy (non-hydrogen) atoms. The molecule has 0 aliphatic heterocycles. The van der Waals surface area contributed by atoms with Gasteiger partial charge in [-0.05, 0) is 24.1 Å². The zero-order valence-corrected chi connectivity index (χ0v) is 12.4. The van der Waals surface area contributed by atoms with E-state index >= 15 is 0 Å². The van der Waals surface area contributed by atoms with E-state index in [1.807, 2.05) is 0 Å². The number of methoxy groups -OCH3 is 1. The number of hydrogen-bond donors (Lipinski definition) is 3. The molecule has 0 fully saturated rings. The number of amides is 1. The molecule has 1 aromatic rings. The van der Waals surface area contributed by atoms with Gasteiger partial charge in [-0.1, -0.05) is 19.1 Å². The van der Waals surface area contributed by atoms with E-state index in [1.54, 1.807) is 31.2 Å².